The number of carbonyl (C=O) groups excluding carboxylic acids is 2. The van der Waals surface area contributed by atoms with Crippen LogP contribution in [0.5, 0.6) is 0 Å². The van der Waals surface area contributed by atoms with Gasteiger partial charge in [0.1, 0.15) is 0 Å². The second-order valence-corrected chi connectivity index (χ2v) is 7.08. The van der Waals surface area contributed by atoms with Gasteiger partial charge in [-0.1, -0.05) is 43.6 Å². The molecule has 1 N–H and O–H groups in total. The van der Waals surface area contributed by atoms with Gasteiger partial charge < -0.3 is 10.2 Å². The van der Waals surface area contributed by atoms with Crippen LogP contribution in [0.3, 0.4) is 0 Å². The normalized spacial score (nSPS) is 10.7. The van der Waals surface area contributed by atoms with E-state index in [4.69, 9.17) is 11.6 Å². The van der Waals surface area contributed by atoms with Crippen LogP contribution in [0.1, 0.15) is 44.2 Å². The maximum absolute atomic E-state index is 12.3. The summed E-state index contributed by atoms with van der Waals surface area (Å²) in [5.74, 6) is 0.0772. The Hall–Kier alpha value is -2.33. The van der Waals surface area contributed by atoms with E-state index in [0.717, 1.165) is 16.8 Å². The van der Waals surface area contributed by atoms with Crippen LogP contribution in [-0.4, -0.2) is 18.4 Å². The van der Waals surface area contributed by atoms with Crippen molar-refractivity contribution >= 4 is 34.8 Å². The second kappa shape index (κ2) is 8.86. The van der Waals surface area contributed by atoms with Crippen molar-refractivity contribution in [3.8, 4) is 0 Å². The molecular formula is C21H25ClN2O2. The van der Waals surface area contributed by atoms with Gasteiger partial charge in [0.15, 0.2) is 0 Å². The van der Waals surface area contributed by atoms with Crippen molar-refractivity contribution in [3.05, 3.63) is 58.6 Å². The van der Waals surface area contributed by atoms with Crippen molar-refractivity contribution in [3.63, 3.8) is 0 Å². The quantitative estimate of drug-likeness (QED) is 0.761. The van der Waals surface area contributed by atoms with Crippen LogP contribution in [0, 0.1) is 6.92 Å². The monoisotopic (exact) mass is 372 g/mol. The molecule has 2 rings (SSSR count). The molecule has 0 radical (unpaired) electrons. The van der Waals surface area contributed by atoms with E-state index in [0.29, 0.717) is 17.3 Å². The largest absolute Gasteiger partial charge is 0.326 e. The second-order valence-electron chi connectivity index (χ2n) is 6.64. The zero-order chi connectivity index (χ0) is 19.3. The fourth-order valence-electron chi connectivity index (χ4n) is 2.91. The first-order chi connectivity index (χ1) is 12.3. The molecule has 4 nitrogen and oxygen atoms in total. The highest BCUT2D eigenvalue weighted by atomic mass is 35.5. The predicted molar refractivity (Wildman–Crippen MR) is 108 cm³/mol. The van der Waals surface area contributed by atoms with Gasteiger partial charge in [-0.15, -0.1) is 0 Å². The summed E-state index contributed by atoms with van der Waals surface area (Å²) in [6.45, 7) is 8.06. The molecule has 0 aliphatic rings. The van der Waals surface area contributed by atoms with Crippen molar-refractivity contribution in [1.82, 2.24) is 0 Å². The van der Waals surface area contributed by atoms with E-state index in [1.807, 2.05) is 25.1 Å². The van der Waals surface area contributed by atoms with Crippen molar-refractivity contribution in [2.24, 2.45) is 0 Å². The summed E-state index contributed by atoms with van der Waals surface area (Å²) < 4.78 is 0. The van der Waals surface area contributed by atoms with Crippen molar-refractivity contribution in [1.29, 1.82) is 0 Å². The average Bonchev–Trinajstić information content (AvgIpc) is 2.57. The first kappa shape index (κ1) is 20.0. The lowest BCUT2D eigenvalue weighted by molar-refractivity contribution is -0.117. The van der Waals surface area contributed by atoms with E-state index in [-0.39, 0.29) is 24.2 Å². The van der Waals surface area contributed by atoms with E-state index >= 15 is 0 Å². The molecule has 2 aromatic rings. The molecule has 0 fully saturated rings. The molecule has 138 valence electrons. The van der Waals surface area contributed by atoms with Crippen LogP contribution < -0.4 is 10.2 Å². The van der Waals surface area contributed by atoms with Gasteiger partial charge in [0, 0.05) is 36.3 Å². The summed E-state index contributed by atoms with van der Waals surface area (Å²) in [7, 11) is 0. The van der Waals surface area contributed by atoms with Crippen molar-refractivity contribution in [2.45, 2.75) is 40.0 Å². The fraction of sp³-hybridized carbons (Fsp3) is 0.333. The number of hydrogen-bond donors (Lipinski definition) is 1. The fourth-order valence-corrected chi connectivity index (χ4v) is 3.04. The molecule has 2 aromatic carbocycles. The Balaban J connectivity index is 2.13. The number of anilines is 2. The number of carbonyl (C=O) groups is 2. The van der Waals surface area contributed by atoms with Crippen molar-refractivity contribution < 1.29 is 9.59 Å². The van der Waals surface area contributed by atoms with E-state index in [1.54, 1.807) is 29.2 Å². The third-order valence-electron chi connectivity index (χ3n) is 4.23. The zero-order valence-corrected chi connectivity index (χ0v) is 16.4. The molecule has 0 aliphatic heterocycles. The number of aryl methyl sites for hydroxylation is 1. The lowest BCUT2D eigenvalue weighted by Crippen LogP contribution is -2.33. The Kier molecular flexibility index (Phi) is 6.81. The maximum Gasteiger partial charge on any atom is 0.226 e. The molecule has 0 saturated carbocycles. The van der Waals surface area contributed by atoms with Gasteiger partial charge in [-0.25, -0.2) is 0 Å². The van der Waals surface area contributed by atoms with Gasteiger partial charge in [0.25, 0.3) is 0 Å². The van der Waals surface area contributed by atoms with Gasteiger partial charge in [0.05, 0.1) is 0 Å². The number of benzene rings is 2. The summed E-state index contributed by atoms with van der Waals surface area (Å²) in [6, 6.07) is 13.0. The van der Waals surface area contributed by atoms with E-state index in [9.17, 15) is 9.59 Å². The molecule has 26 heavy (non-hydrogen) atoms. The lowest BCUT2D eigenvalue weighted by atomic mass is 9.97. The van der Waals surface area contributed by atoms with E-state index in [1.165, 1.54) is 6.92 Å². The standard InChI is InChI=1S/C21H25ClN2O2/c1-14(2)19-7-5-6-15(3)21(19)24(16(4)25)13-12-20(26)23-18-10-8-17(22)9-11-18/h5-11,14H,12-13H2,1-4H3,(H,23,26). The highest BCUT2D eigenvalue weighted by Gasteiger charge is 2.20. The van der Waals surface area contributed by atoms with Gasteiger partial charge in [0.2, 0.25) is 11.8 Å². The number of para-hydroxylation sites is 1. The van der Waals surface area contributed by atoms with Gasteiger partial charge in [-0.2, -0.15) is 0 Å². The maximum atomic E-state index is 12.3. The molecule has 0 bridgehead atoms. The molecule has 5 heteroatoms. The van der Waals surface area contributed by atoms with Crippen LogP contribution in [0.15, 0.2) is 42.5 Å². The Morgan fingerprint density at radius 1 is 1.12 bits per heavy atom. The molecule has 0 spiro atoms. The van der Waals surface area contributed by atoms with Crippen LogP contribution in [0.4, 0.5) is 11.4 Å². The summed E-state index contributed by atoms with van der Waals surface area (Å²) in [6.07, 6.45) is 0.216. The van der Waals surface area contributed by atoms with E-state index in [2.05, 4.69) is 19.2 Å². The predicted octanol–water partition coefficient (Wildman–Crippen LogP) is 5.15. The third-order valence-corrected chi connectivity index (χ3v) is 4.48. The average molecular weight is 373 g/mol. The molecule has 0 saturated heterocycles. The topological polar surface area (TPSA) is 49.4 Å². The van der Waals surface area contributed by atoms with Gasteiger partial charge >= 0.3 is 0 Å². The number of nitrogens with one attached hydrogen (secondary N) is 1. The molecule has 0 unspecified atom stereocenters. The van der Waals surface area contributed by atoms with Crippen LogP contribution in [0.2, 0.25) is 5.02 Å². The van der Waals surface area contributed by atoms with Crippen LogP contribution in [-0.2, 0) is 9.59 Å². The highest BCUT2D eigenvalue weighted by molar-refractivity contribution is 6.30. The third kappa shape index (κ3) is 5.09. The van der Waals surface area contributed by atoms with Crippen molar-refractivity contribution in [2.75, 3.05) is 16.8 Å². The SMILES string of the molecule is CC(=O)N(CCC(=O)Nc1ccc(Cl)cc1)c1c(C)cccc1C(C)C. The summed E-state index contributed by atoms with van der Waals surface area (Å²) >= 11 is 5.85. The molecular weight excluding hydrogens is 348 g/mol. The molecule has 2 amide bonds. The number of hydrogen-bond acceptors (Lipinski definition) is 2. The Labute approximate surface area is 160 Å². The number of halogens is 1. The molecule has 0 aliphatic carbocycles. The number of amides is 2. The molecule has 0 aromatic heterocycles. The molecule has 0 heterocycles. The summed E-state index contributed by atoms with van der Waals surface area (Å²) in [4.78, 5) is 26.2. The van der Waals surface area contributed by atoms with E-state index < -0.39 is 0 Å². The Bertz CT molecular complexity index is 785. The Morgan fingerprint density at radius 2 is 1.77 bits per heavy atom. The highest BCUT2D eigenvalue weighted by Crippen LogP contribution is 2.31. The smallest absolute Gasteiger partial charge is 0.226 e. The first-order valence-corrected chi connectivity index (χ1v) is 9.10. The zero-order valence-electron chi connectivity index (χ0n) is 15.7. The minimum absolute atomic E-state index is 0.0690. The summed E-state index contributed by atoms with van der Waals surface area (Å²) in [5.41, 5.74) is 3.74. The van der Waals surface area contributed by atoms with Gasteiger partial charge in [-0.3, -0.25) is 9.59 Å². The minimum atomic E-state index is -0.141. The van der Waals surface area contributed by atoms with Crippen LogP contribution in [0.25, 0.3) is 0 Å². The number of rotatable bonds is 6. The Morgan fingerprint density at radius 3 is 2.35 bits per heavy atom. The lowest BCUT2D eigenvalue weighted by Gasteiger charge is -2.27. The van der Waals surface area contributed by atoms with Crippen LogP contribution >= 0.6 is 11.6 Å². The summed E-state index contributed by atoms with van der Waals surface area (Å²) in [5, 5.41) is 3.45. The first-order valence-electron chi connectivity index (χ1n) is 8.72. The molecule has 0 atom stereocenters. The minimum Gasteiger partial charge on any atom is -0.326 e. The van der Waals surface area contributed by atoms with Gasteiger partial charge in [-0.05, 0) is 48.2 Å². The number of nitrogens with zero attached hydrogens (tertiary/aromatic N) is 1.